The van der Waals surface area contributed by atoms with E-state index in [4.69, 9.17) is 8.83 Å². The van der Waals surface area contributed by atoms with Crippen molar-refractivity contribution < 1.29 is 22.9 Å². The molecule has 7 nitrogen and oxygen atoms in total. The lowest BCUT2D eigenvalue weighted by molar-refractivity contribution is -0.907. The highest BCUT2D eigenvalue weighted by molar-refractivity contribution is 5.91. The molecule has 0 bridgehead atoms. The number of hydrogen-bond acceptors (Lipinski definition) is 5. The molecular weight excluding hydrogens is 339 g/mol. The largest absolute Gasteiger partial charge is 0.459 e. The standard InChI is InChI=1S/C18H19FN4O3/c1-2-9-23(11-16(24)20-14-7-5-13(19)6-8-14)12-17-21-22-18(26-17)15-4-3-10-25-15/h3-8,10H,2,9,11-12H2,1H3,(H,20,24)/p+1. The first kappa shape index (κ1) is 17.8. The summed E-state index contributed by atoms with van der Waals surface area (Å²) in [5.74, 6) is 0.761. The highest BCUT2D eigenvalue weighted by Crippen LogP contribution is 2.17. The Labute approximate surface area is 149 Å². The minimum atomic E-state index is -0.343. The molecule has 2 aromatic heterocycles. The Bertz CT molecular complexity index is 831. The number of benzene rings is 1. The maximum atomic E-state index is 12.9. The Morgan fingerprint density at radius 1 is 1.23 bits per heavy atom. The van der Waals surface area contributed by atoms with Crippen LogP contribution in [0.25, 0.3) is 11.7 Å². The van der Waals surface area contributed by atoms with E-state index >= 15 is 0 Å². The van der Waals surface area contributed by atoms with E-state index in [0.29, 0.717) is 29.8 Å². The van der Waals surface area contributed by atoms with Gasteiger partial charge in [0.15, 0.2) is 18.8 Å². The summed E-state index contributed by atoms with van der Waals surface area (Å²) in [4.78, 5) is 13.2. The number of carbonyl (C=O) groups excluding carboxylic acids is 1. The molecule has 3 rings (SSSR count). The Kier molecular flexibility index (Phi) is 5.75. The molecule has 1 aromatic carbocycles. The van der Waals surface area contributed by atoms with Gasteiger partial charge in [-0.05, 0) is 42.8 Å². The van der Waals surface area contributed by atoms with Crippen LogP contribution in [0.1, 0.15) is 19.2 Å². The number of halogens is 1. The van der Waals surface area contributed by atoms with E-state index in [0.717, 1.165) is 17.9 Å². The van der Waals surface area contributed by atoms with Gasteiger partial charge >= 0.3 is 0 Å². The normalized spacial score (nSPS) is 12.1. The summed E-state index contributed by atoms with van der Waals surface area (Å²) in [6, 6.07) is 9.15. The average molecular weight is 359 g/mol. The lowest BCUT2D eigenvalue weighted by atomic mass is 10.3. The highest BCUT2D eigenvalue weighted by atomic mass is 19.1. The quantitative estimate of drug-likeness (QED) is 0.642. The summed E-state index contributed by atoms with van der Waals surface area (Å²) in [6.07, 6.45) is 2.44. The van der Waals surface area contributed by atoms with Gasteiger partial charge in [0.25, 0.3) is 17.7 Å². The number of rotatable bonds is 8. The summed E-state index contributed by atoms with van der Waals surface area (Å²) >= 11 is 0. The molecule has 3 aromatic rings. The van der Waals surface area contributed by atoms with Crippen molar-refractivity contribution in [3.8, 4) is 11.7 Å². The number of aromatic nitrogens is 2. The van der Waals surface area contributed by atoms with E-state index in [1.54, 1.807) is 12.1 Å². The summed E-state index contributed by atoms with van der Waals surface area (Å²) in [5.41, 5.74) is 0.560. The van der Waals surface area contributed by atoms with Gasteiger partial charge in [-0.1, -0.05) is 6.92 Å². The van der Waals surface area contributed by atoms with Crippen LogP contribution in [0.4, 0.5) is 10.1 Å². The van der Waals surface area contributed by atoms with E-state index < -0.39 is 0 Å². The molecule has 0 spiro atoms. The zero-order valence-electron chi connectivity index (χ0n) is 14.4. The van der Waals surface area contributed by atoms with Crippen molar-refractivity contribution in [2.24, 2.45) is 0 Å². The predicted octanol–water partition coefficient (Wildman–Crippen LogP) is 1.90. The van der Waals surface area contributed by atoms with Crippen LogP contribution < -0.4 is 10.2 Å². The van der Waals surface area contributed by atoms with E-state index in [-0.39, 0.29) is 18.3 Å². The molecule has 0 saturated carbocycles. The molecule has 1 unspecified atom stereocenters. The van der Waals surface area contributed by atoms with Crippen molar-refractivity contribution in [3.63, 3.8) is 0 Å². The summed E-state index contributed by atoms with van der Waals surface area (Å²) < 4.78 is 23.8. The molecule has 26 heavy (non-hydrogen) atoms. The Balaban J connectivity index is 1.59. The molecule has 2 N–H and O–H groups in total. The molecule has 2 heterocycles. The number of anilines is 1. The van der Waals surface area contributed by atoms with Gasteiger partial charge in [0.2, 0.25) is 0 Å². The molecule has 8 heteroatoms. The molecule has 0 aliphatic rings. The lowest BCUT2D eigenvalue weighted by Gasteiger charge is -2.16. The van der Waals surface area contributed by atoms with E-state index in [1.165, 1.54) is 30.5 Å². The van der Waals surface area contributed by atoms with Crippen molar-refractivity contribution in [2.45, 2.75) is 19.9 Å². The van der Waals surface area contributed by atoms with Crippen molar-refractivity contribution in [2.75, 3.05) is 18.4 Å². The second-order valence-corrected chi connectivity index (χ2v) is 5.89. The molecule has 0 saturated heterocycles. The number of carbonyl (C=O) groups is 1. The van der Waals surface area contributed by atoms with Crippen molar-refractivity contribution >= 4 is 11.6 Å². The van der Waals surface area contributed by atoms with Crippen LogP contribution in [0.5, 0.6) is 0 Å². The van der Waals surface area contributed by atoms with Gasteiger partial charge in [-0.15, -0.1) is 10.2 Å². The third kappa shape index (κ3) is 4.76. The van der Waals surface area contributed by atoms with Crippen LogP contribution in [0.3, 0.4) is 0 Å². The molecule has 0 fully saturated rings. The molecule has 136 valence electrons. The van der Waals surface area contributed by atoms with Gasteiger partial charge in [0.1, 0.15) is 5.82 Å². The molecule has 0 aliphatic heterocycles. The minimum Gasteiger partial charge on any atom is -0.459 e. The van der Waals surface area contributed by atoms with Gasteiger partial charge in [0, 0.05) is 5.69 Å². The first-order valence-electron chi connectivity index (χ1n) is 8.39. The third-order valence-electron chi connectivity index (χ3n) is 3.74. The predicted molar refractivity (Wildman–Crippen MR) is 91.7 cm³/mol. The fraction of sp³-hybridized carbons (Fsp3) is 0.278. The van der Waals surface area contributed by atoms with Crippen LogP contribution in [-0.2, 0) is 11.3 Å². The average Bonchev–Trinajstić information content (AvgIpc) is 3.28. The smallest absolute Gasteiger partial charge is 0.283 e. The highest BCUT2D eigenvalue weighted by Gasteiger charge is 2.19. The van der Waals surface area contributed by atoms with Crippen LogP contribution in [0.15, 0.2) is 51.5 Å². The summed E-state index contributed by atoms with van der Waals surface area (Å²) in [7, 11) is 0. The fourth-order valence-corrected chi connectivity index (χ4v) is 2.60. The van der Waals surface area contributed by atoms with E-state index in [1.807, 2.05) is 6.92 Å². The second-order valence-electron chi connectivity index (χ2n) is 5.89. The zero-order chi connectivity index (χ0) is 18.4. The fourth-order valence-electron chi connectivity index (χ4n) is 2.60. The van der Waals surface area contributed by atoms with Gasteiger partial charge in [0.05, 0.1) is 12.8 Å². The third-order valence-corrected chi connectivity index (χ3v) is 3.74. The zero-order valence-corrected chi connectivity index (χ0v) is 14.4. The summed E-state index contributed by atoms with van der Waals surface area (Å²) in [5, 5.41) is 10.8. The maximum absolute atomic E-state index is 12.9. The van der Waals surface area contributed by atoms with Crippen molar-refractivity contribution in [3.05, 3.63) is 54.4 Å². The first-order chi connectivity index (χ1) is 12.6. The number of hydrogen-bond donors (Lipinski definition) is 2. The van der Waals surface area contributed by atoms with E-state index in [9.17, 15) is 9.18 Å². The van der Waals surface area contributed by atoms with Crippen molar-refractivity contribution in [1.29, 1.82) is 0 Å². The SMILES string of the molecule is CCC[NH+](CC(=O)Nc1ccc(F)cc1)Cc1nnc(-c2ccco2)o1. The molecule has 1 atom stereocenters. The maximum Gasteiger partial charge on any atom is 0.283 e. The molecule has 0 radical (unpaired) electrons. The lowest BCUT2D eigenvalue weighted by Crippen LogP contribution is -3.11. The summed E-state index contributed by atoms with van der Waals surface area (Å²) in [6.45, 7) is 3.48. The topological polar surface area (TPSA) is 85.6 Å². The molecule has 1 amide bonds. The van der Waals surface area contributed by atoms with Crippen LogP contribution >= 0.6 is 0 Å². The van der Waals surface area contributed by atoms with Gasteiger partial charge < -0.3 is 19.1 Å². The van der Waals surface area contributed by atoms with E-state index in [2.05, 4.69) is 15.5 Å². The Hall–Kier alpha value is -3.00. The number of amides is 1. The van der Waals surface area contributed by atoms with Crippen LogP contribution in [0.2, 0.25) is 0 Å². The number of nitrogens with one attached hydrogen (secondary N) is 2. The van der Waals surface area contributed by atoms with Gasteiger partial charge in [-0.2, -0.15) is 0 Å². The Morgan fingerprint density at radius 3 is 2.73 bits per heavy atom. The first-order valence-corrected chi connectivity index (χ1v) is 8.39. The van der Waals surface area contributed by atoms with Crippen molar-refractivity contribution in [1.82, 2.24) is 10.2 Å². The Morgan fingerprint density at radius 2 is 2.04 bits per heavy atom. The number of nitrogens with zero attached hydrogens (tertiary/aromatic N) is 2. The second kappa shape index (κ2) is 8.39. The monoisotopic (exact) mass is 359 g/mol. The van der Waals surface area contributed by atoms with Gasteiger partial charge in [-0.25, -0.2) is 4.39 Å². The number of quaternary nitrogens is 1. The molecule has 0 aliphatic carbocycles. The van der Waals surface area contributed by atoms with Crippen LogP contribution in [-0.4, -0.2) is 29.2 Å². The van der Waals surface area contributed by atoms with Crippen LogP contribution in [0, 0.1) is 5.82 Å². The number of furan rings is 1. The van der Waals surface area contributed by atoms with Gasteiger partial charge in [-0.3, -0.25) is 4.79 Å². The minimum absolute atomic E-state index is 0.161. The molecular formula is C18H20FN4O3+.